The Morgan fingerprint density at radius 1 is 1.03 bits per heavy atom. The first kappa shape index (κ1) is 20.6. The van der Waals surface area contributed by atoms with E-state index in [-0.39, 0.29) is 12.0 Å². The summed E-state index contributed by atoms with van der Waals surface area (Å²) in [6, 6.07) is 7.76. The zero-order valence-corrected chi connectivity index (χ0v) is 17.4. The third-order valence-corrected chi connectivity index (χ3v) is 4.79. The minimum Gasteiger partial charge on any atom is -0.450 e. The van der Waals surface area contributed by atoms with Gasteiger partial charge in [-0.1, -0.05) is 17.7 Å². The summed E-state index contributed by atoms with van der Waals surface area (Å²) >= 11 is 0. The van der Waals surface area contributed by atoms with Crippen molar-refractivity contribution in [3.05, 3.63) is 46.8 Å². The van der Waals surface area contributed by atoms with Crippen LogP contribution in [0.4, 0.5) is 16.4 Å². The SMILES string of the molecule is CCOC(=O)N1CCN(C(=O)c2cc(C)nc(Nc3ccc(C)cc3C)n2)CC1. The minimum absolute atomic E-state index is 0.164. The highest BCUT2D eigenvalue weighted by atomic mass is 16.6. The lowest BCUT2D eigenvalue weighted by atomic mass is 10.1. The maximum absolute atomic E-state index is 12.9. The number of anilines is 2. The summed E-state index contributed by atoms with van der Waals surface area (Å²) in [6.45, 7) is 9.79. The number of carbonyl (C=O) groups is 2. The second-order valence-electron chi connectivity index (χ2n) is 7.14. The minimum atomic E-state index is -0.336. The number of nitrogens with zero attached hydrogens (tertiary/aromatic N) is 4. The van der Waals surface area contributed by atoms with E-state index in [1.807, 2.05) is 32.9 Å². The molecular formula is C21H27N5O3. The normalized spacial score (nSPS) is 13.9. The predicted octanol–water partition coefficient (Wildman–Crippen LogP) is 3.06. The van der Waals surface area contributed by atoms with Gasteiger partial charge >= 0.3 is 6.09 Å². The van der Waals surface area contributed by atoms with E-state index in [0.717, 1.165) is 11.3 Å². The van der Waals surface area contributed by atoms with Crippen molar-refractivity contribution in [1.82, 2.24) is 19.8 Å². The Balaban J connectivity index is 1.71. The van der Waals surface area contributed by atoms with Gasteiger partial charge in [-0.3, -0.25) is 4.79 Å². The molecular weight excluding hydrogens is 370 g/mol. The van der Waals surface area contributed by atoms with Gasteiger partial charge in [0.05, 0.1) is 6.61 Å². The standard InChI is InChI=1S/C21H27N5O3/c1-5-29-21(28)26-10-8-25(9-11-26)19(27)18-13-16(4)22-20(24-18)23-17-7-6-14(2)12-15(17)3/h6-7,12-13H,5,8-11H2,1-4H3,(H,22,23,24). The molecule has 2 heterocycles. The zero-order valence-electron chi connectivity index (χ0n) is 17.4. The van der Waals surface area contributed by atoms with Crippen molar-refractivity contribution in [1.29, 1.82) is 0 Å². The first-order valence-electron chi connectivity index (χ1n) is 9.78. The molecule has 3 rings (SSSR count). The van der Waals surface area contributed by atoms with Gasteiger partial charge in [0.1, 0.15) is 5.69 Å². The summed E-state index contributed by atoms with van der Waals surface area (Å²) in [6.07, 6.45) is -0.336. The average Bonchev–Trinajstić information content (AvgIpc) is 2.69. The summed E-state index contributed by atoms with van der Waals surface area (Å²) in [4.78, 5) is 36.9. The summed E-state index contributed by atoms with van der Waals surface area (Å²) in [5, 5.41) is 3.21. The number of carbonyl (C=O) groups excluding carboxylic acids is 2. The van der Waals surface area contributed by atoms with E-state index in [9.17, 15) is 9.59 Å². The molecule has 2 amide bonds. The highest BCUT2D eigenvalue weighted by Gasteiger charge is 2.26. The van der Waals surface area contributed by atoms with Crippen LogP contribution in [0.25, 0.3) is 0 Å². The molecule has 2 aromatic rings. The van der Waals surface area contributed by atoms with Gasteiger partial charge < -0.3 is 19.9 Å². The first-order chi connectivity index (χ1) is 13.9. The molecule has 1 saturated heterocycles. The molecule has 8 heteroatoms. The highest BCUT2D eigenvalue weighted by molar-refractivity contribution is 5.93. The van der Waals surface area contributed by atoms with Gasteiger partial charge in [-0.2, -0.15) is 0 Å². The summed E-state index contributed by atoms with van der Waals surface area (Å²) in [7, 11) is 0. The molecule has 0 aliphatic carbocycles. The van der Waals surface area contributed by atoms with E-state index >= 15 is 0 Å². The molecule has 1 N–H and O–H groups in total. The maximum atomic E-state index is 12.9. The first-order valence-corrected chi connectivity index (χ1v) is 9.78. The second kappa shape index (κ2) is 8.89. The molecule has 8 nitrogen and oxygen atoms in total. The number of ether oxygens (including phenoxy) is 1. The van der Waals surface area contributed by atoms with Gasteiger partial charge in [-0.05, 0) is 45.4 Å². The largest absolute Gasteiger partial charge is 0.450 e. The van der Waals surface area contributed by atoms with Crippen LogP contribution in [-0.2, 0) is 4.74 Å². The Hall–Kier alpha value is -3.16. The lowest BCUT2D eigenvalue weighted by molar-refractivity contribution is 0.0566. The fraction of sp³-hybridized carbons (Fsp3) is 0.429. The van der Waals surface area contributed by atoms with Gasteiger partial charge in [0.15, 0.2) is 0 Å². The van der Waals surface area contributed by atoms with Gasteiger partial charge in [0, 0.05) is 37.6 Å². The van der Waals surface area contributed by atoms with Crippen molar-refractivity contribution in [2.45, 2.75) is 27.7 Å². The van der Waals surface area contributed by atoms with E-state index < -0.39 is 0 Å². The Morgan fingerprint density at radius 3 is 2.38 bits per heavy atom. The number of rotatable bonds is 4. The summed E-state index contributed by atoms with van der Waals surface area (Å²) in [5.41, 5.74) is 4.21. The van der Waals surface area contributed by atoms with Crippen LogP contribution in [0.2, 0.25) is 0 Å². The van der Waals surface area contributed by atoms with Crippen molar-refractivity contribution in [2.24, 2.45) is 0 Å². The van der Waals surface area contributed by atoms with Crippen molar-refractivity contribution >= 4 is 23.6 Å². The molecule has 0 unspecified atom stereocenters. The third-order valence-electron chi connectivity index (χ3n) is 4.79. The Kier molecular flexibility index (Phi) is 6.31. The molecule has 1 aromatic carbocycles. The van der Waals surface area contributed by atoms with Gasteiger partial charge in [0.25, 0.3) is 5.91 Å². The van der Waals surface area contributed by atoms with E-state index in [1.54, 1.807) is 22.8 Å². The molecule has 154 valence electrons. The number of hydrogen-bond acceptors (Lipinski definition) is 6. The molecule has 1 aliphatic heterocycles. The van der Waals surface area contributed by atoms with E-state index in [4.69, 9.17) is 4.74 Å². The Morgan fingerprint density at radius 2 is 1.72 bits per heavy atom. The third kappa shape index (κ3) is 5.01. The number of aryl methyl sites for hydroxylation is 3. The Bertz CT molecular complexity index is 907. The number of aromatic nitrogens is 2. The van der Waals surface area contributed by atoms with Crippen molar-refractivity contribution in [2.75, 3.05) is 38.1 Å². The van der Waals surface area contributed by atoms with E-state index in [2.05, 4.69) is 21.4 Å². The monoisotopic (exact) mass is 397 g/mol. The van der Waals surface area contributed by atoms with Crippen LogP contribution in [0.3, 0.4) is 0 Å². The number of nitrogens with one attached hydrogen (secondary N) is 1. The highest BCUT2D eigenvalue weighted by Crippen LogP contribution is 2.20. The van der Waals surface area contributed by atoms with Crippen LogP contribution < -0.4 is 5.32 Å². The summed E-state index contributed by atoms with van der Waals surface area (Å²) in [5.74, 6) is 0.230. The van der Waals surface area contributed by atoms with Crippen LogP contribution >= 0.6 is 0 Å². The number of benzene rings is 1. The van der Waals surface area contributed by atoms with Crippen LogP contribution in [0.1, 0.15) is 34.2 Å². The summed E-state index contributed by atoms with van der Waals surface area (Å²) < 4.78 is 5.02. The van der Waals surface area contributed by atoms with Crippen LogP contribution in [0, 0.1) is 20.8 Å². The van der Waals surface area contributed by atoms with Crippen molar-refractivity contribution in [3.8, 4) is 0 Å². The average molecular weight is 397 g/mol. The molecule has 1 fully saturated rings. The topological polar surface area (TPSA) is 87.7 Å². The van der Waals surface area contributed by atoms with E-state index in [0.29, 0.717) is 50.1 Å². The number of hydrogen-bond donors (Lipinski definition) is 1. The molecule has 1 aromatic heterocycles. The number of amides is 2. The van der Waals surface area contributed by atoms with Crippen LogP contribution in [0.5, 0.6) is 0 Å². The Labute approximate surface area is 170 Å². The quantitative estimate of drug-likeness (QED) is 0.853. The molecule has 0 bridgehead atoms. The zero-order chi connectivity index (χ0) is 21.0. The lowest BCUT2D eigenvalue weighted by Gasteiger charge is -2.33. The molecule has 0 spiro atoms. The predicted molar refractivity (Wildman–Crippen MR) is 110 cm³/mol. The van der Waals surface area contributed by atoms with Gasteiger partial charge in [-0.25, -0.2) is 14.8 Å². The molecule has 0 radical (unpaired) electrons. The van der Waals surface area contributed by atoms with Crippen LogP contribution in [-0.4, -0.2) is 64.6 Å². The van der Waals surface area contributed by atoms with Crippen molar-refractivity contribution in [3.63, 3.8) is 0 Å². The second-order valence-corrected chi connectivity index (χ2v) is 7.14. The van der Waals surface area contributed by atoms with Gasteiger partial charge in [0.2, 0.25) is 5.95 Å². The van der Waals surface area contributed by atoms with E-state index in [1.165, 1.54) is 5.56 Å². The fourth-order valence-corrected chi connectivity index (χ4v) is 3.28. The van der Waals surface area contributed by atoms with Crippen molar-refractivity contribution < 1.29 is 14.3 Å². The van der Waals surface area contributed by atoms with Gasteiger partial charge in [-0.15, -0.1) is 0 Å². The van der Waals surface area contributed by atoms with Crippen LogP contribution in [0.15, 0.2) is 24.3 Å². The fourth-order valence-electron chi connectivity index (χ4n) is 3.28. The molecule has 0 saturated carbocycles. The molecule has 1 aliphatic rings. The number of piperazine rings is 1. The maximum Gasteiger partial charge on any atom is 0.409 e. The molecule has 0 atom stereocenters. The molecule has 29 heavy (non-hydrogen) atoms. The smallest absolute Gasteiger partial charge is 0.409 e. The lowest BCUT2D eigenvalue weighted by Crippen LogP contribution is -2.50.